The van der Waals surface area contributed by atoms with Crippen LogP contribution in [-0.4, -0.2) is 60.9 Å². The number of likely N-dealkylation sites (N-methyl/N-ethyl adjacent to an activating group) is 1. The number of amides is 2. The van der Waals surface area contributed by atoms with Crippen LogP contribution in [0.15, 0.2) is 0 Å². The van der Waals surface area contributed by atoms with Crippen molar-refractivity contribution in [3.05, 3.63) is 0 Å². The third-order valence-electron chi connectivity index (χ3n) is 4.06. The zero-order chi connectivity index (χ0) is 13.7. The number of nitrogens with one attached hydrogen (secondary N) is 2. The lowest BCUT2D eigenvalue weighted by molar-refractivity contribution is -0.139. The first-order valence-electron chi connectivity index (χ1n) is 7.02. The van der Waals surface area contributed by atoms with E-state index in [1.54, 1.807) is 0 Å². The summed E-state index contributed by atoms with van der Waals surface area (Å²) in [5.41, 5.74) is 0. The van der Waals surface area contributed by atoms with Crippen LogP contribution in [0.3, 0.4) is 0 Å². The minimum absolute atomic E-state index is 0.513. The van der Waals surface area contributed by atoms with Gasteiger partial charge in [-0.1, -0.05) is 0 Å². The molecule has 0 saturated carbocycles. The van der Waals surface area contributed by atoms with Gasteiger partial charge in [0.15, 0.2) is 0 Å². The lowest BCUT2D eigenvalue weighted by Crippen LogP contribution is -2.45. The van der Waals surface area contributed by atoms with Crippen LogP contribution in [0, 0.1) is 5.92 Å². The van der Waals surface area contributed by atoms with Crippen LogP contribution in [0.1, 0.15) is 19.3 Å². The number of rotatable bonds is 3. The Balaban J connectivity index is 1.66. The van der Waals surface area contributed by atoms with Gasteiger partial charge in [0.05, 0.1) is 0 Å². The molecule has 2 aliphatic heterocycles. The molecule has 0 aliphatic carbocycles. The topological polar surface area (TPSA) is 61.4 Å². The van der Waals surface area contributed by atoms with Crippen molar-refractivity contribution in [3.8, 4) is 0 Å². The highest BCUT2D eigenvalue weighted by Crippen LogP contribution is 2.26. The molecule has 2 amide bonds. The molecule has 19 heavy (non-hydrogen) atoms. The van der Waals surface area contributed by atoms with Crippen molar-refractivity contribution in [1.82, 2.24) is 15.5 Å². The van der Waals surface area contributed by atoms with Gasteiger partial charge in [-0.15, -0.1) is 0 Å². The molecule has 6 heteroatoms. The summed E-state index contributed by atoms with van der Waals surface area (Å²) in [6.45, 7) is 2.89. The maximum atomic E-state index is 11.4. The summed E-state index contributed by atoms with van der Waals surface area (Å²) in [5, 5.41) is 5.05. The summed E-state index contributed by atoms with van der Waals surface area (Å²) in [7, 11) is 1.47. The van der Waals surface area contributed by atoms with Gasteiger partial charge >= 0.3 is 11.8 Å². The van der Waals surface area contributed by atoms with Crippen molar-refractivity contribution < 1.29 is 9.59 Å². The van der Waals surface area contributed by atoms with Crippen molar-refractivity contribution in [2.75, 3.05) is 38.2 Å². The monoisotopic (exact) mass is 285 g/mol. The van der Waals surface area contributed by atoms with E-state index in [0.29, 0.717) is 12.5 Å². The van der Waals surface area contributed by atoms with Gasteiger partial charge in [0.1, 0.15) is 0 Å². The van der Waals surface area contributed by atoms with Gasteiger partial charge in [0.2, 0.25) is 0 Å². The number of carbonyl (C=O) groups is 2. The Morgan fingerprint density at radius 3 is 2.53 bits per heavy atom. The predicted molar refractivity (Wildman–Crippen MR) is 77.1 cm³/mol. The largest absolute Gasteiger partial charge is 0.351 e. The predicted octanol–water partition coefficient (Wildman–Crippen LogP) is 0.0661. The second kappa shape index (κ2) is 7.14. The molecule has 0 spiro atoms. The third-order valence-corrected chi connectivity index (χ3v) is 5.20. The standard InChI is InChI=1S/C13H23N3O2S/c1-14-12(17)13(18)15-8-10-2-5-16(6-3-10)11-4-7-19-9-11/h10-11H,2-9H2,1H3,(H,14,17)(H,15,18). The van der Waals surface area contributed by atoms with E-state index in [9.17, 15) is 9.59 Å². The number of piperidine rings is 1. The van der Waals surface area contributed by atoms with Crippen molar-refractivity contribution in [2.45, 2.75) is 25.3 Å². The lowest BCUT2D eigenvalue weighted by atomic mass is 9.95. The molecule has 2 aliphatic rings. The van der Waals surface area contributed by atoms with E-state index in [1.807, 2.05) is 0 Å². The van der Waals surface area contributed by atoms with Gasteiger partial charge < -0.3 is 10.6 Å². The summed E-state index contributed by atoms with van der Waals surface area (Å²) in [6.07, 6.45) is 3.56. The van der Waals surface area contributed by atoms with E-state index < -0.39 is 11.8 Å². The zero-order valence-corrected chi connectivity index (χ0v) is 12.3. The summed E-state index contributed by atoms with van der Waals surface area (Å²) < 4.78 is 0. The Labute approximate surface area is 118 Å². The molecule has 1 unspecified atom stereocenters. The Kier molecular flexibility index (Phi) is 5.51. The maximum absolute atomic E-state index is 11.4. The molecule has 0 bridgehead atoms. The van der Waals surface area contributed by atoms with Crippen LogP contribution in [0.4, 0.5) is 0 Å². The van der Waals surface area contributed by atoms with E-state index in [1.165, 1.54) is 25.0 Å². The Hall–Kier alpha value is -0.750. The summed E-state index contributed by atoms with van der Waals surface area (Å²) >= 11 is 2.05. The van der Waals surface area contributed by atoms with Crippen LogP contribution >= 0.6 is 11.8 Å². The molecule has 2 heterocycles. The molecular formula is C13H23N3O2S. The fourth-order valence-electron chi connectivity index (χ4n) is 2.76. The number of carbonyl (C=O) groups excluding carboxylic acids is 2. The quantitative estimate of drug-likeness (QED) is 0.720. The van der Waals surface area contributed by atoms with Crippen LogP contribution < -0.4 is 10.6 Å². The van der Waals surface area contributed by atoms with Crippen LogP contribution in [0.25, 0.3) is 0 Å². The second-order valence-corrected chi connectivity index (χ2v) is 6.44. The second-order valence-electron chi connectivity index (χ2n) is 5.29. The number of thioether (sulfide) groups is 1. The van der Waals surface area contributed by atoms with Crippen molar-refractivity contribution >= 4 is 23.6 Å². The fraction of sp³-hybridized carbons (Fsp3) is 0.846. The first-order valence-corrected chi connectivity index (χ1v) is 8.18. The van der Waals surface area contributed by atoms with E-state index in [4.69, 9.17) is 0 Å². The zero-order valence-electron chi connectivity index (χ0n) is 11.5. The molecule has 108 valence electrons. The highest BCUT2D eigenvalue weighted by atomic mass is 32.2. The molecule has 0 aromatic carbocycles. The molecule has 2 saturated heterocycles. The SMILES string of the molecule is CNC(=O)C(=O)NCC1CCN(C2CCSC2)CC1. The first-order chi connectivity index (χ1) is 9.20. The molecule has 0 aromatic heterocycles. The summed E-state index contributed by atoms with van der Waals surface area (Å²) in [6, 6.07) is 0.770. The first kappa shape index (κ1) is 14.7. The normalized spacial score (nSPS) is 25.2. The minimum atomic E-state index is -0.555. The Morgan fingerprint density at radius 2 is 1.95 bits per heavy atom. The molecule has 2 N–H and O–H groups in total. The smallest absolute Gasteiger partial charge is 0.309 e. The number of nitrogens with zero attached hydrogens (tertiary/aromatic N) is 1. The molecular weight excluding hydrogens is 262 g/mol. The van der Waals surface area contributed by atoms with Crippen molar-refractivity contribution in [1.29, 1.82) is 0 Å². The van der Waals surface area contributed by atoms with E-state index >= 15 is 0 Å². The summed E-state index contributed by atoms with van der Waals surface area (Å²) in [4.78, 5) is 25.0. The number of likely N-dealkylation sites (tertiary alicyclic amines) is 1. The van der Waals surface area contributed by atoms with Gasteiger partial charge in [-0.2, -0.15) is 11.8 Å². The van der Waals surface area contributed by atoms with Gasteiger partial charge in [-0.3, -0.25) is 14.5 Å². The van der Waals surface area contributed by atoms with Gasteiger partial charge in [-0.05, 0) is 44.0 Å². The van der Waals surface area contributed by atoms with Gasteiger partial charge in [0, 0.05) is 25.4 Å². The van der Waals surface area contributed by atoms with Crippen LogP contribution in [0.2, 0.25) is 0 Å². The highest BCUT2D eigenvalue weighted by molar-refractivity contribution is 7.99. The third kappa shape index (κ3) is 4.11. The van der Waals surface area contributed by atoms with E-state index in [2.05, 4.69) is 27.3 Å². The van der Waals surface area contributed by atoms with E-state index in [0.717, 1.165) is 32.0 Å². The Morgan fingerprint density at radius 1 is 1.21 bits per heavy atom. The molecule has 0 radical (unpaired) electrons. The average molecular weight is 285 g/mol. The van der Waals surface area contributed by atoms with Gasteiger partial charge in [-0.25, -0.2) is 0 Å². The fourth-order valence-corrected chi connectivity index (χ4v) is 4.02. The molecule has 2 rings (SSSR count). The van der Waals surface area contributed by atoms with Crippen molar-refractivity contribution in [3.63, 3.8) is 0 Å². The van der Waals surface area contributed by atoms with Crippen LogP contribution in [-0.2, 0) is 9.59 Å². The molecule has 2 fully saturated rings. The van der Waals surface area contributed by atoms with Gasteiger partial charge in [0.25, 0.3) is 0 Å². The molecule has 1 atom stereocenters. The minimum Gasteiger partial charge on any atom is -0.351 e. The highest BCUT2D eigenvalue weighted by Gasteiger charge is 2.27. The molecule has 0 aromatic rings. The van der Waals surface area contributed by atoms with Crippen molar-refractivity contribution in [2.24, 2.45) is 5.92 Å². The van der Waals surface area contributed by atoms with Crippen LogP contribution in [0.5, 0.6) is 0 Å². The summed E-state index contributed by atoms with van der Waals surface area (Å²) in [5.74, 6) is 2.02. The lowest BCUT2D eigenvalue weighted by Gasteiger charge is -2.35. The van der Waals surface area contributed by atoms with E-state index in [-0.39, 0.29) is 0 Å². The maximum Gasteiger partial charge on any atom is 0.309 e. The number of hydrogen-bond acceptors (Lipinski definition) is 4. The Bertz CT molecular complexity index is 324. The number of hydrogen-bond donors (Lipinski definition) is 2. The average Bonchev–Trinajstić information content (AvgIpc) is 2.98. The molecule has 5 nitrogen and oxygen atoms in total.